The number of ether oxygens (including phenoxy) is 2. The molecule has 0 radical (unpaired) electrons. The van der Waals surface area contributed by atoms with Gasteiger partial charge in [0, 0.05) is 6.61 Å². The second kappa shape index (κ2) is 10.2. The van der Waals surface area contributed by atoms with E-state index in [1.807, 2.05) is 6.19 Å². The van der Waals surface area contributed by atoms with Crippen molar-refractivity contribution in [2.45, 2.75) is 13.3 Å². The maximum atomic E-state index is 11.1. The standard InChI is InChI=1S/C10H19N3O3/c1-2-16-10(14)8-13(9-12)5-7-15-6-3-4-11/h2-8,11H2,1H3. The lowest BCUT2D eigenvalue weighted by Gasteiger charge is -2.14. The van der Waals surface area contributed by atoms with E-state index < -0.39 is 5.97 Å². The zero-order valence-electron chi connectivity index (χ0n) is 9.65. The van der Waals surface area contributed by atoms with E-state index in [2.05, 4.69) is 0 Å². The van der Waals surface area contributed by atoms with Crippen molar-refractivity contribution in [2.24, 2.45) is 5.73 Å². The number of carbonyl (C=O) groups is 1. The Balaban J connectivity index is 3.60. The highest BCUT2D eigenvalue weighted by molar-refractivity contribution is 5.71. The van der Waals surface area contributed by atoms with Crippen LogP contribution >= 0.6 is 0 Å². The Hall–Kier alpha value is -1.32. The Morgan fingerprint density at radius 2 is 2.25 bits per heavy atom. The first-order chi connectivity index (χ1) is 7.74. The molecule has 0 fully saturated rings. The van der Waals surface area contributed by atoms with Gasteiger partial charge in [-0.3, -0.25) is 9.69 Å². The topological polar surface area (TPSA) is 88.6 Å². The lowest BCUT2D eigenvalue weighted by Crippen LogP contribution is -2.30. The molecule has 0 unspecified atom stereocenters. The molecule has 0 aliphatic rings. The summed E-state index contributed by atoms with van der Waals surface area (Å²) in [6.07, 6.45) is 2.71. The van der Waals surface area contributed by atoms with Crippen LogP contribution in [0.25, 0.3) is 0 Å². The zero-order valence-corrected chi connectivity index (χ0v) is 9.65. The number of nitriles is 1. The molecule has 16 heavy (non-hydrogen) atoms. The summed E-state index contributed by atoms with van der Waals surface area (Å²) in [5.74, 6) is -0.397. The van der Waals surface area contributed by atoms with E-state index in [1.165, 1.54) is 4.90 Å². The van der Waals surface area contributed by atoms with Crippen molar-refractivity contribution in [2.75, 3.05) is 39.5 Å². The van der Waals surface area contributed by atoms with E-state index in [4.69, 9.17) is 20.5 Å². The summed E-state index contributed by atoms with van der Waals surface area (Å²) in [7, 11) is 0. The molecule has 0 amide bonds. The first-order valence-electron chi connectivity index (χ1n) is 5.32. The maximum Gasteiger partial charge on any atom is 0.326 e. The third-order valence-corrected chi connectivity index (χ3v) is 1.77. The fraction of sp³-hybridized carbons (Fsp3) is 0.800. The van der Waals surface area contributed by atoms with E-state index in [9.17, 15) is 4.79 Å². The summed E-state index contributed by atoms with van der Waals surface area (Å²) in [6.45, 7) is 3.99. The van der Waals surface area contributed by atoms with Crippen molar-refractivity contribution >= 4 is 5.97 Å². The SMILES string of the molecule is CCOC(=O)CN(C#N)CCOCCCN. The molecule has 0 spiro atoms. The highest BCUT2D eigenvalue weighted by Crippen LogP contribution is 1.89. The van der Waals surface area contributed by atoms with Gasteiger partial charge in [0.1, 0.15) is 6.54 Å². The molecule has 0 saturated heterocycles. The molecule has 0 aliphatic heterocycles. The van der Waals surface area contributed by atoms with Gasteiger partial charge < -0.3 is 15.2 Å². The molecule has 2 N–H and O–H groups in total. The fourth-order valence-corrected chi connectivity index (χ4v) is 0.989. The predicted molar refractivity (Wildman–Crippen MR) is 58.3 cm³/mol. The number of hydrogen-bond acceptors (Lipinski definition) is 6. The number of nitrogens with two attached hydrogens (primary N) is 1. The third kappa shape index (κ3) is 8.03. The van der Waals surface area contributed by atoms with E-state index in [-0.39, 0.29) is 6.54 Å². The Bertz CT molecular complexity index is 228. The molecular formula is C10H19N3O3. The molecule has 6 nitrogen and oxygen atoms in total. The van der Waals surface area contributed by atoms with Crippen LogP contribution in [0, 0.1) is 11.5 Å². The van der Waals surface area contributed by atoms with Crippen LogP contribution in [0.5, 0.6) is 0 Å². The normalized spacial score (nSPS) is 9.56. The van der Waals surface area contributed by atoms with Gasteiger partial charge in [-0.1, -0.05) is 0 Å². The van der Waals surface area contributed by atoms with Gasteiger partial charge in [0.2, 0.25) is 0 Å². The van der Waals surface area contributed by atoms with Gasteiger partial charge >= 0.3 is 5.97 Å². The van der Waals surface area contributed by atoms with Gasteiger partial charge in [0.25, 0.3) is 0 Å². The summed E-state index contributed by atoms with van der Waals surface area (Å²) in [5.41, 5.74) is 5.29. The monoisotopic (exact) mass is 229 g/mol. The molecular weight excluding hydrogens is 210 g/mol. The van der Waals surface area contributed by atoms with Crippen LogP contribution in [0.1, 0.15) is 13.3 Å². The van der Waals surface area contributed by atoms with Crippen LogP contribution in [0.2, 0.25) is 0 Å². The van der Waals surface area contributed by atoms with Crippen molar-refractivity contribution in [3.8, 4) is 6.19 Å². The fourth-order valence-electron chi connectivity index (χ4n) is 0.989. The van der Waals surface area contributed by atoms with Crippen molar-refractivity contribution in [3.63, 3.8) is 0 Å². The zero-order chi connectivity index (χ0) is 12.2. The molecule has 0 saturated carbocycles. The van der Waals surface area contributed by atoms with Crippen LogP contribution in [-0.4, -0.2) is 50.3 Å². The smallest absolute Gasteiger partial charge is 0.326 e. The molecule has 0 rings (SSSR count). The predicted octanol–water partition coefficient (Wildman–Crippen LogP) is -0.302. The van der Waals surface area contributed by atoms with E-state index in [0.717, 1.165) is 6.42 Å². The Morgan fingerprint density at radius 1 is 1.50 bits per heavy atom. The van der Waals surface area contributed by atoms with Gasteiger partial charge in [-0.25, -0.2) is 0 Å². The minimum absolute atomic E-state index is 0.0232. The largest absolute Gasteiger partial charge is 0.465 e. The number of hydrogen-bond donors (Lipinski definition) is 1. The minimum atomic E-state index is -0.397. The second-order valence-electron chi connectivity index (χ2n) is 3.08. The van der Waals surface area contributed by atoms with Gasteiger partial charge in [-0.2, -0.15) is 5.26 Å². The van der Waals surface area contributed by atoms with Crippen molar-refractivity contribution in [1.29, 1.82) is 5.26 Å². The van der Waals surface area contributed by atoms with E-state index in [0.29, 0.717) is 32.9 Å². The van der Waals surface area contributed by atoms with Crippen LogP contribution in [-0.2, 0) is 14.3 Å². The van der Waals surface area contributed by atoms with Crippen LogP contribution in [0.4, 0.5) is 0 Å². The molecule has 6 heteroatoms. The van der Waals surface area contributed by atoms with Gasteiger partial charge in [0.05, 0.1) is 19.8 Å². The highest BCUT2D eigenvalue weighted by Gasteiger charge is 2.08. The molecule has 0 bridgehead atoms. The summed E-state index contributed by atoms with van der Waals surface area (Å²) in [4.78, 5) is 12.4. The van der Waals surface area contributed by atoms with E-state index in [1.54, 1.807) is 6.92 Å². The first kappa shape index (κ1) is 14.7. The van der Waals surface area contributed by atoms with E-state index >= 15 is 0 Å². The van der Waals surface area contributed by atoms with Gasteiger partial charge in [0.15, 0.2) is 6.19 Å². The number of carbonyl (C=O) groups excluding carboxylic acids is 1. The van der Waals surface area contributed by atoms with Crippen LogP contribution in [0.15, 0.2) is 0 Å². The van der Waals surface area contributed by atoms with Crippen molar-refractivity contribution in [3.05, 3.63) is 0 Å². The Morgan fingerprint density at radius 3 is 2.81 bits per heavy atom. The minimum Gasteiger partial charge on any atom is -0.465 e. The molecule has 0 aromatic carbocycles. The summed E-state index contributed by atoms with van der Waals surface area (Å²) in [5, 5.41) is 8.74. The Labute approximate surface area is 95.9 Å². The maximum absolute atomic E-state index is 11.1. The highest BCUT2D eigenvalue weighted by atomic mass is 16.5. The third-order valence-electron chi connectivity index (χ3n) is 1.77. The van der Waals surface area contributed by atoms with Crippen molar-refractivity contribution in [1.82, 2.24) is 4.90 Å². The number of esters is 1. The lowest BCUT2D eigenvalue weighted by molar-refractivity contribution is -0.143. The molecule has 0 aliphatic carbocycles. The number of rotatable bonds is 9. The quantitative estimate of drug-likeness (QED) is 0.253. The molecule has 0 atom stereocenters. The summed E-state index contributed by atoms with van der Waals surface area (Å²) < 4.78 is 9.95. The van der Waals surface area contributed by atoms with Gasteiger partial charge in [-0.05, 0) is 19.9 Å². The van der Waals surface area contributed by atoms with Gasteiger partial charge in [-0.15, -0.1) is 0 Å². The lowest BCUT2D eigenvalue weighted by atomic mass is 10.4. The van der Waals surface area contributed by atoms with Crippen LogP contribution < -0.4 is 5.73 Å². The molecule has 0 aromatic heterocycles. The number of nitrogens with zero attached hydrogens (tertiary/aromatic N) is 2. The second-order valence-corrected chi connectivity index (χ2v) is 3.08. The molecule has 0 heterocycles. The molecule has 92 valence electrons. The average Bonchev–Trinajstić information content (AvgIpc) is 2.27. The summed E-state index contributed by atoms with van der Waals surface area (Å²) >= 11 is 0. The van der Waals surface area contributed by atoms with Crippen molar-refractivity contribution < 1.29 is 14.3 Å². The van der Waals surface area contributed by atoms with Crippen LogP contribution in [0.3, 0.4) is 0 Å². The first-order valence-corrected chi connectivity index (χ1v) is 5.32. The Kier molecular flexibility index (Phi) is 9.36. The summed E-state index contributed by atoms with van der Waals surface area (Å²) in [6, 6.07) is 0. The average molecular weight is 229 g/mol. The molecule has 0 aromatic rings.